The van der Waals surface area contributed by atoms with Gasteiger partial charge in [-0.25, -0.2) is 9.37 Å². The van der Waals surface area contributed by atoms with E-state index in [9.17, 15) is 9.18 Å². The van der Waals surface area contributed by atoms with Crippen LogP contribution in [-0.2, 0) is 0 Å². The van der Waals surface area contributed by atoms with E-state index in [1.165, 1.54) is 36.3 Å². The Labute approximate surface area is 120 Å². The molecule has 0 N–H and O–H groups in total. The first-order chi connectivity index (χ1) is 9.56. The number of nitrogens with zero attached hydrogens (tertiary/aromatic N) is 3. The molecular weight excluding hydrogens is 281 g/mol. The van der Waals surface area contributed by atoms with E-state index in [1.54, 1.807) is 12.1 Å². The summed E-state index contributed by atoms with van der Waals surface area (Å²) in [6.45, 7) is 0. The zero-order valence-corrected chi connectivity index (χ0v) is 11.2. The molecule has 1 aromatic heterocycles. The maximum absolute atomic E-state index is 13.4. The average molecular weight is 290 g/mol. The van der Waals surface area contributed by atoms with Gasteiger partial charge in [0.1, 0.15) is 11.9 Å². The molecule has 4 nitrogen and oxygen atoms in total. The molecule has 0 aliphatic carbocycles. The van der Waals surface area contributed by atoms with Crippen LogP contribution < -0.4 is 4.90 Å². The second kappa shape index (κ2) is 5.68. The minimum atomic E-state index is -0.674. The number of carbonyl (C=O) groups excluding carboxylic acids is 1. The Morgan fingerprint density at radius 3 is 2.85 bits per heavy atom. The van der Waals surface area contributed by atoms with Crippen molar-refractivity contribution in [2.75, 3.05) is 11.9 Å². The van der Waals surface area contributed by atoms with Crippen LogP contribution in [-0.4, -0.2) is 17.9 Å². The van der Waals surface area contributed by atoms with Crippen molar-refractivity contribution >= 4 is 23.3 Å². The summed E-state index contributed by atoms with van der Waals surface area (Å²) in [7, 11) is 1.45. The van der Waals surface area contributed by atoms with Crippen LogP contribution in [0.1, 0.15) is 15.9 Å². The number of nitriles is 1. The fourth-order valence-corrected chi connectivity index (χ4v) is 1.90. The van der Waals surface area contributed by atoms with Crippen molar-refractivity contribution in [1.82, 2.24) is 4.98 Å². The molecular formula is C14H9ClFN3O. The van der Waals surface area contributed by atoms with Gasteiger partial charge in [0.25, 0.3) is 5.91 Å². The molecule has 1 aromatic carbocycles. The Hall–Kier alpha value is -2.45. The Balaban J connectivity index is 2.44. The summed E-state index contributed by atoms with van der Waals surface area (Å²) in [5.41, 5.74) is 0.264. The molecule has 0 bridgehead atoms. The van der Waals surface area contributed by atoms with Crippen LogP contribution >= 0.6 is 11.6 Å². The Morgan fingerprint density at radius 1 is 1.40 bits per heavy atom. The highest BCUT2D eigenvalue weighted by atomic mass is 35.5. The molecule has 1 amide bonds. The molecule has 0 radical (unpaired) electrons. The number of aromatic nitrogens is 1. The van der Waals surface area contributed by atoms with Gasteiger partial charge in [-0.2, -0.15) is 5.26 Å². The molecule has 0 fully saturated rings. The molecule has 0 spiro atoms. The first-order valence-corrected chi connectivity index (χ1v) is 6.01. The van der Waals surface area contributed by atoms with Crippen LogP contribution in [0.4, 0.5) is 10.2 Å². The summed E-state index contributed by atoms with van der Waals surface area (Å²) in [5.74, 6) is -1.02. The number of anilines is 1. The van der Waals surface area contributed by atoms with Crippen molar-refractivity contribution in [2.45, 2.75) is 0 Å². The van der Waals surface area contributed by atoms with E-state index in [4.69, 9.17) is 16.9 Å². The molecule has 0 aliphatic rings. The zero-order valence-electron chi connectivity index (χ0n) is 10.5. The minimum Gasteiger partial charge on any atom is -0.295 e. The standard InChI is InChI=1S/C14H9ClFN3O/c1-19(13-9(8-17)4-3-7-18-13)14(20)10-5-2-6-11(16)12(10)15/h2-7H,1H3. The lowest BCUT2D eigenvalue weighted by Crippen LogP contribution is -2.28. The molecule has 100 valence electrons. The average Bonchev–Trinajstić information content (AvgIpc) is 2.48. The van der Waals surface area contributed by atoms with E-state index < -0.39 is 11.7 Å². The van der Waals surface area contributed by atoms with Gasteiger partial charge in [-0.15, -0.1) is 0 Å². The molecule has 0 aliphatic heterocycles. The third-order valence-electron chi connectivity index (χ3n) is 2.71. The number of hydrogen-bond donors (Lipinski definition) is 0. The maximum atomic E-state index is 13.4. The molecule has 0 atom stereocenters. The zero-order chi connectivity index (χ0) is 14.7. The van der Waals surface area contributed by atoms with E-state index in [1.807, 2.05) is 6.07 Å². The van der Waals surface area contributed by atoms with Gasteiger partial charge in [0.15, 0.2) is 5.82 Å². The van der Waals surface area contributed by atoms with E-state index in [0.29, 0.717) is 0 Å². The fraction of sp³-hybridized carbons (Fsp3) is 0.0714. The Morgan fingerprint density at radius 2 is 2.15 bits per heavy atom. The number of benzene rings is 1. The lowest BCUT2D eigenvalue weighted by Gasteiger charge is -2.17. The van der Waals surface area contributed by atoms with Gasteiger partial charge < -0.3 is 0 Å². The predicted molar refractivity (Wildman–Crippen MR) is 73.1 cm³/mol. The number of rotatable bonds is 2. The lowest BCUT2D eigenvalue weighted by atomic mass is 10.2. The van der Waals surface area contributed by atoms with Gasteiger partial charge in [-0.1, -0.05) is 17.7 Å². The summed E-state index contributed by atoms with van der Waals surface area (Å²) in [6.07, 6.45) is 1.47. The van der Waals surface area contributed by atoms with Gasteiger partial charge >= 0.3 is 0 Å². The number of pyridine rings is 1. The maximum Gasteiger partial charge on any atom is 0.260 e. The van der Waals surface area contributed by atoms with Gasteiger partial charge in [-0.05, 0) is 24.3 Å². The van der Waals surface area contributed by atoms with Crippen molar-refractivity contribution in [1.29, 1.82) is 5.26 Å². The van der Waals surface area contributed by atoms with Crippen LogP contribution in [0.25, 0.3) is 0 Å². The fourth-order valence-electron chi connectivity index (χ4n) is 1.70. The summed E-state index contributed by atoms with van der Waals surface area (Å²) in [4.78, 5) is 17.5. The Bertz CT molecular complexity index is 712. The molecule has 6 heteroatoms. The smallest absolute Gasteiger partial charge is 0.260 e. The summed E-state index contributed by atoms with van der Waals surface area (Å²) in [6, 6.07) is 9.06. The highest BCUT2D eigenvalue weighted by Gasteiger charge is 2.21. The topological polar surface area (TPSA) is 57.0 Å². The lowest BCUT2D eigenvalue weighted by molar-refractivity contribution is 0.0992. The highest BCUT2D eigenvalue weighted by molar-refractivity contribution is 6.34. The quantitative estimate of drug-likeness (QED) is 0.854. The number of hydrogen-bond acceptors (Lipinski definition) is 3. The van der Waals surface area contributed by atoms with Crippen molar-refractivity contribution in [3.8, 4) is 6.07 Å². The third-order valence-corrected chi connectivity index (χ3v) is 3.10. The van der Waals surface area contributed by atoms with Crippen molar-refractivity contribution in [3.05, 3.63) is 58.5 Å². The monoisotopic (exact) mass is 289 g/mol. The third kappa shape index (κ3) is 2.46. The van der Waals surface area contributed by atoms with E-state index in [0.717, 1.165) is 0 Å². The van der Waals surface area contributed by atoms with Crippen molar-refractivity contribution < 1.29 is 9.18 Å². The molecule has 20 heavy (non-hydrogen) atoms. The first-order valence-electron chi connectivity index (χ1n) is 5.63. The van der Waals surface area contributed by atoms with Gasteiger partial charge in [0, 0.05) is 13.2 Å². The van der Waals surface area contributed by atoms with Gasteiger partial charge in [0.05, 0.1) is 16.1 Å². The van der Waals surface area contributed by atoms with Crippen molar-refractivity contribution in [2.24, 2.45) is 0 Å². The number of carbonyl (C=O) groups is 1. The molecule has 0 saturated heterocycles. The summed E-state index contributed by atoms with van der Waals surface area (Å²) >= 11 is 5.79. The minimum absolute atomic E-state index is 0.0173. The second-order valence-corrected chi connectivity index (χ2v) is 4.33. The number of amides is 1. The largest absolute Gasteiger partial charge is 0.295 e. The number of halogens is 2. The summed E-state index contributed by atoms with van der Waals surface area (Å²) < 4.78 is 13.4. The van der Waals surface area contributed by atoms with Gasteiger partial charge in [-0.3, -0.25) is 9.69 Å². The van der Waals surface area contributed by atoms with Crippen LogP contribution in [0.15, 0.2) is 36.5 Å². The van der Waals surface area contributed by atoms with Crippen LogP contribution in [0.3, 0.4) is 0 Å². The van der Waals surface area contributed by atoms with E-state index in [2.05, 4.69) is 4.98 Å². The van der Waals surface area contributed by atoms with Crippen LogP contribution in [0, 0.1) is 17.1 Å². The first kappa shape index (κ1) is 14.0. The molecule has 0 unspecified atom stereocenters. The van der Waals surface area contributed by atoms with Gasteiger partial charge in [0.2, 0.25) is 0 Å². The normalized spacial score (nSPS) is 9.90. The predicted octanol–water partition coefficient (Wildman–Crippen LogP) is 3.02. The summed E-state index contributed by atoms with van der Waals surface area (Å²) in [5, 5.41) is 8.75. The van der Waals surface area contributed by atoms with Crippen LogP contribution in [0.2, 0.25) is 5.02 Å². The van der Waals surface area contributed by atoms with E-state index >= 15 is 0 Å². The molecule has 2 rings (SSSR count). The van der Waals surface area contributed by atoms with Crippen LogP contribution in [0.5, 0.6) is 0 Å². The molecule has 0 saturated carbocycles. The highest BCUT2D eigenvalue weighted by Crippen LogP contribution is 2.23. The van der Waals surface area contributed by atoms with Crippen molar-refractivity contribution in [3.63, 3.8) is 0 Å². The van der Waals surface area contributed by atoms with E-state index in [-0.39, 0.29) is 22.0 Å². The Kier molecular flexibility index (Phi) is 3.97. The second-order valence-electron chi connectivity index (χ2n) is 3.95. The SMILES string of the molecule is CN(C(=O)c1cccc(F)c1Cl)c1ncccc1C#N. The molecule has 2 aromatic rings. The molecule has 1 heterocycles.